The molecule has 1 aliphatic heterocycles. The van der Waals surface area contributed by atoms with Gasteiger partial charge in [0.05, 0.1) is 12.3 Å². The minimum absolute atomic E-state index is 0.0787. The van der Waals surface area contributed by atoms with E-state index in [1.54, 1.807) is 0 Å². The second kappa shape index (κ2) is 20.0. The maximum absolute atomic E-state index is 12.3. The lowest BCUT2D eigenvalue weighted by Gasteiger charge is -2.22. The van der Waals surface area contributed by atoms with E-state index >= 15 is 0 Å². The van der Waals surface area contributed by atoms with E-state index in [0.717, 1.165) is 36.4 Å². The summed E-state index contributed by atoms with van der Waals surface area (Å²) >= 11 is 0. The van der Waals surface area contributed by atoms with Gasteiger partial charge in [-0.15, -0.1) is 5.10 Å². The fraction of sp³-hybridized carbons (Fsp3) is 0.611. The summed E-state index contributed by atoms with van der Waals surface area (Å²) in [7, 11) is 0. The maximum atomic E-state index is 12.3. The minimum Gasteiger partial charge on any atom is -0.480 e. The molecule has 2 aromatic rings. The van der Waals surface area contributed by atoms with Crippen LogP contribution in [0.5, 0.6) is 5.75 Å². The van der Waals surface area contributed by atoms with E-state index in [9.17, 15) is 4.79 Å². The van der Waals surface area contributed by atoms with Crippen LogP contribution in [0.3, 0.4) is 0 Å². The Balaban J connectivity index is 1.37. The van der Waals surface area contributed by atoms with Gasteiger partial charge in [0.25, 0.3) is 5.91 Å². The number of rotatable bonds is 22. The van der Waals surface area contributed by atoms with Gasteiger partial charge in [-0.1, -0.05) is 109 Å². The number of unbranched alkanes of at least 4 members (excludes halogenated alkanes) is 12. The number of hydrazone groups is 1. The van der Waals surface area contributed by atoms with Gasteiger partial charge < -0.3 is 14.8 Å². The van der Waals surface area contributed by atoms with Crippen molar-refractivity contribution >= 4 is 23.2 Å². The Morgan fingerprint density at radius 2 is 1.45 bits per heavy atom. The van der Waals surface area contributed by atoms with Crippen molar-refractivity contribution in [3.05, 3.63) is 54.1 Å². The molecule has 1 amide bonds. The molecule has 42 heavy (non-hydrogen) atoms. The zero-order valence-corrected chi connectivity index (χ0v) is 26.5. The fourth-order valence-corrected chi connectivity index (χ4v) is 5.45. The highest BCUT2D eigenvalue weighted by Gasteiger charge is 2.26. The third kappa shape index (κ3) is 12.5. The van der Waals surface area contributed by atoms with Crippen molar-refractivity contribution in [2.75, 3.05) is 16.9 Å². The average Bonchev–Trinajstić information content (AvgIpc) is 3.36. The van der Waals surface area contributed by atoms with E-state index in [0.29, 0.717) is 12.5 Å². The summed E-state index contributed by atoms with van der Waals surface area (Å²) in [6.45, 7) is 6.85. The molecule has 6 heteroatoms. The summed E-state index contributed by atoms with van der Waals surface area (Å²) in [5, 5.41) is 9.23. The van der Waals surface area contributed by atoms with E-state index < -0.39 is 0 Å². The molecule has 1 atom stereocenters. The number of hydrogen-bond acceptors (Lipinski definition) is 5. The normalized spacial score (nSPS) is 13.7. The lowest BCUT2D eigenvalue weighted by atomic mass is 10.0. The van der Waals surface area contributed by atoms with Gasteiger partial charge in [0.15, 0.2) is 6.23 Å². The van der Waals surface area contributed by atoms with Crippen molar-refractivity contribution in [2.24, 2.45) is 5.10 Å². The minimum atomic E-state index is -0.136. The Hall–Kier alpha value is -3.02. The van der Waals surface area contributed by atoms with E-state index in [1.807, 2.05) is 37.3 Å². The fourth-order valence-electron chi connectivity index (χ4n) is 5.45. The summed E-state index contributed by atoms with van der Waals surface area (Å²) in [5.41, 5.74) is 3.02. The lowest BCUT2D eigenvalue weighted by molar-refractivity contribution is -0.117. The predicted molar refractivity (Wildman–Crippen MR) is 176 cm³/mol. The van der Waals surface area contributed by atoms with Crippen molar-refractivity contribution in [3.63, 3.8) is 0 Å². The quantitative estimate of drug-likeness (QED) is 0.112. The highest BCUT2D eigenvalue weighted by Crippen LogP contribution is 2.25. The summed E-state index contributed by atoms with van der Waals surface area (Å²) < 4.78 is 11.8. The molecule has 1 heterocycles. The number of ether oxygens (including phenoxy) is 2. The largest absolute Gasteiger partial charge is 0.480 e. The Morgan fingerprint density at radius 1 is 0.810 bits per heavy atom. The molecule has 0 radical (unpaired) electrons. The maximum Gasteiger partial charge on any atom is 0.256 e. The molecule has 0 aliphatic carbocycles. The van der Waals surface area contributed by atoms with Gasteiger partial charge in [-0.3, -0.25) is 4.79 Å². The SMILES string of the molecule is CCCCCCCCCCCCCCCc1cccc(OC(CCC)Nc2ccc(N3N=C(OCC)CC3=O)cc2)c1. The molecule has 6 nitrogen and oxygen atoms in total. The van der Waals surface area contributed by atoms with Crippen molar-refractivity contribution in [1.82, 2.24) is 0 Å². The van der Waals surface area contributed by atoms with E-state index in [1.165, 1.54) is 94.0 Å². The highest BCUT2D eigenvalue weighted by atomic mass is 16.5. The molecule has 1 N–H and O–H groups in total. The molecule has 1 aliphatic rings. The Labute approximate surface area is 255 Å². The third-order valence-electron chi connectivity index (χ3n) is 7.80. The van der Waals surface area contributed by atoms with E-state index in [4.69, 9.17) is 9.47 Å². The molecule has 232 valence electrons. The molecular weight excluding hydrogens is 522 g/mol. The van der Waals surface area contributed by atoms with Gasteiger partial charge in [-0.05, 0) is 61.7 Å². The number of benzene rings is 2. The van der Waals surface area contributed by atoms with Crippen LogP contribution in [0, 0.1) is 0 Å². The second-order valence-corrected chi connectivity index (χ2v) is 11.5. The van der Waals surface area contributed by atoms with Gasteiger partial charge in [-0.25, -0.2) is 0 Å². The smallest absolute Gasteiger partial charge is 0.256 e. The van der Waals surface area contributed by atoms with Gasteiger partial charge in [-0.2, -0.15) is 5.01 Å². The van der Waals surface area contributed by atoms with Crippen LogP contribution in [0.2, 0.25) is 0 Å². The van der Waals surface area contributed by atoms with Crippen LogP contribution in [-0.2, 0) is 16.0 Å². The van der Waals surface area contributed by atoms with Gasteiger partial charge in [0, 0.05) is 12.1 Å². The summed E-state index contributed by atoms with van der Waals surface area (Å²) in [6, 6.07) is 16.3. The first kappa shape index (κ1) is 33.5. The number of anilines is 2. The van der Waals surface area contributed by atoms with Crippen LogP contribution in [0.15, 0.2) is 53.6 Å². The monoisotopic (exact) mass is 577 g/mol. The number of nitrogens with one attached hydrogen (secondary N) is 1. The Kier molecular flexibility index (Phi) is 15.9. The van der Waals surface area contributed by atoms with E-state index in [-0.39, 0.29) is 18.6 Å². The van der Waals surface area contributed by atoms with Crippen molar-refractivity contribution in [2.45, 2.75) is 136 Å². The Morgan fingerprint density at radius 3 is 2.07 bits per heavy atom. The number of aryl methyl sites for hydroxylation is 1. The van der Waals surface area contributed by atoms with Crippen LogP contribution < -0.4 is 15.1 Å². The van der Waals surface area contributed by atoms with Crippen LogP contribution >= 0.6 is 0 Å². The zero-order chi connectivity index (χ0) is 29.8. The Bertz CT molecular complexity index is 1050. The van der Waals surface area contributed by atoms with Gasteiger partial charge >= 0.3 is 0 Å². The van der Waals surface area contributed by atoms with Crippen LogP contribution in [0.25, 0.3) is 0 Å². The van der Waals surface area contributed by atoms with Crippen molar-refractivity contribution in [1.29, 1.82) is 0 Å². The number of carbonyl (C=O) groups excluding carboxylic acids is 1. The summed E-state index contributed by atoms with van der Waals surface area (Å²) in [4.78, 5) is 12.3. The van der Waals surface area contributed by atoms with Crippen LogP contribution in [0.4, 0.5) is 11.4 Å². The number of hydrogen-bond donors (Lipinski definition) is 1. The summed E-state index contributed by atoms with van der Waals surface area (Å²) in [6.07, 6.45) is 21.0. The molecular formula is C36H55N3O3. The van der Waals surface area contributed by atoms with E-state index in [2.05, 4.69) is 42.5 Å². The highest BCUT2D eigenvalue weighted by molar-refractivity contribution is 6.10. The molecule has 2 aromatic carbocycles. The first-order valence-electron chi connectivity index (χ1n) is 16.8. The van der Waals surface area contributed by atoms with Crippen LogP contribution in [0.1, 0.15) is 129 Å². The first-order valence-corrected chi connectivity index (χ1v) is 16.8. The molecule has 3 rings (SSSR count). The van der Waals surface area contributed by atoms with Crippen molar-refractivity contribution < 1.29 is 14.3 Å². The third-order valence-corrected chi connectivity index (χ3v) is 7.80. The molecule has 0 aromatic heterocycles. The second-order valence-electron chi connectivity index (χ2n) is 11.5. The topological polar surface area (TPSA) is 63.2 Å². The number of nitrogens with zero attached hydrogens (tertiary/aromatic N) is 2. The molecule has 1 unspecified atom stereocenters. The molecule has 0 spiro atoms. The number of amides is 1. The summed E-state index contributed by atoms with van der Waals surface area (Å²) in [5.74, 6) is 1.30. The van der Waals surface area contributed by atoms with Crippen molar-refractivity contribution in [3.8, 4) is 5.75 Å². The molecule has 0 saturated carbocycles. The molecule has 0 bridgehead atoms. The predicted octanol–water partition coefficient (Wildman–Crippen LogP) is 10.0. The molecule has 0 fully saturated rings. The van der Waals surface area contributed by atoms with Crippen LogP contribution in [-0.4, -0.2) is 24.6 Å². The molecule has 0 saturated heterocycles. The lowest BCUT2D eigenvalue weighted by Crippen LogP contribution is -2.26. The number of carbonyl (C=O) groups is 1. The average molecular weight is 578 g/mol. The first-order chi connectivity index (χ1) is 20.6. The standard InChI is InChI=1S/C36H55N3O3/c1-4-7-8-9-10-11-12-13-14-15-16-17-18-21-30-22-19-23-33(28-30)42-34(20-5-2)37-31-24-26-32(27-25-31)39-36(40)29-35(38-39)41-6-3/h19,22-28,34,37H,4-18,20-21,29H2,1-3H3. The van der Waals surface area contributed by atoms with Gasteiger partial charge in [0.2, 0.25) is 5.90 Å². The zero-order valence-electron chi connectivity index (χ0n) is 26.5. The van der Waals surface area contributed by atoms with Gasteiger partial charge in [0.1, 0.15) is 12.2 Å².